The van der Waals surface area contributed by atoms with Crippen LogP contribution < -0.4 is 14.8 Å². The van der Waals surface area contributed by atoms with Gasteiger partial charge in [-0.25, -0.2) is 4.79 Å². The van der Waals surface area contributed by atoms with Gasteiger partial charge in [0, 0.05) is 17.7 Å². The summed E-state index contributed by atoms with van der Waals surface area (Å²) in [6.45, 7) is -0.455. The van der Waals surface area contributed by atoms with E-state index in [1.165, 1.54) is 37.7 Å². The van der Waals surface area contributed by atoms with E-state index in [1.54, 1.807) is 29.6 Å². The van der Waals surface area contributed by atoms with E-state index in [2.05, 4.69) is 5.32 Å². The van der Waals surface area contributed by atoms with Crippen molar-refractivity contribution in [3.63, 3.8) is 0 Å². The Morgan fingerprint density at radius 1 is 0.853 bits per heavy atom. The van der Waals surface area contributed by atoms with E-state index in [0.717, 1.165) is 10.8 Å². The standard InChI is InChI=1S/C26H21NO6S/c1-31-22-13-19(20(14-23(22)32-2)27-25(29)24-8-5-11-34-24)26(30)33-15-21(28)18-10-9-16-6-3-4-7-17(16)12-18/h3-14H,15H2,1-2H3,(H,27,29). The van der Waals surface area contributed by atoms with Crippen LogP contribution in [0.2, 0.25) is 0 Å². The van der Waals surface area contributed by atoms with Gasteiger partial charge in [-0.3, -0.25) is 9.59 Å². The number of anilines is 1. The molecular formula is C26H21NO6S. The van der Waals surface area contributed by atoms with Gasteiger partial charge in [-0.2, -0.15) is 0 Å². The minimum atomic E-state index is -0.781. The first-order chi connectivity index (χ1) is 16.5. The molecule has 1 amide bonds. The average molecular weight is 476 g/mol. The van der Waals surface area contributed by atoms with Crippen LogP contribution in [-0.4, -0.2) is 38.5 Å². The lowest BCUT2D eigenvalue weighted by atomic mass is 10.0. The summed E-state index contributed by atoms with van der Waals surface area (Å²) in [4.78, 5) is 38.7. The molecule has 0 unspecified atom stereocenters. The minimum absolute atomic E-state index is 0.0360. The van der Waals surface area contributed by atoms with Crippen molar-refractivity contribution in [2.75, 3.05) is 26.1 Å². The maximum Gasteiger partial charge on any atom is 0.340 e. The highest BCUT2D eigenvalue weighted by molar-refractivity contribution is 7.12. The fourth-order valence-corrected chi connectivity index (χ4v) is 4.02. The summed E-state index contributed by atoms with van der Waals surface area (Å²) in [7, 11) is 2.88. The number of hydrogen-bond acceptors (Lipinski definition) is 7. The molecule has 4 rings (SSSR count). The summed E-state index contributed by atoms with van der Waals surface area (Å²) >= 11 is 1.27. The third-order valence-electron chi connectivity index (χ3n) is 5.14. The Hall–Kier alpha value is -4.17. The lowest BCUT2D eigenvalue weighted by Gasteiger charge is -2.15. The number of Topliss-reactive ketones (excluding diaryl/α,β-unsaturated/α-hetero) is 1. The molecule has 0 radical (unpaired) electrons. The molecule has 4 aromatic rings. The van der Waals surface area contributed by atoms with Crippen LogP contribution in [0.5, 0.6) is 11.5 Å². The van der Waals surface area contributed by atoms with Gasteiger partial charge < -0.3 is 19.5 Å². The van der Waals surface area contributed by atoms with Crippen LogP contribution in [0.1, 0.15) is 30.4 Å². The van der Waals surface area contributed by atoms with Gasteiger partial charge in [-0.1, -0.05) is 42.5 Å². The molecule has 8 heteroatoms. The largest absolute Gasteiger partial charge is 0.493 e. The van der Waals surface area contributed by atoms with E-state index in [-0.39, 0.29) is 28.7 Å². The van der Waals surface area contributed by atoms with Crippen LogP contribution in [0.25, 0.3) is 10.8 Å². The van der Waals surface area contributed by atoms with Crippen molar-refractivity contribution in [2.45, 2.75) is 0 Å². The summed E-state index contributed by atoms with van der Waals surface area (Å²) in [5.74, 6) is -0.902. The number of ether oxygens (including phenoxy) is 3. The number of benzene rings is 3. The number of ketones is 1. The molecule has 0 aliphatic rings. The zero-order chi connectivity index (χ0) is 24.1. The molecular weight excluding hydrogens is 454 g/mol. The summed E-state index contributed by atoms with van der Waals surface area (Å²) in [6.07, 6.45) is 0. The van der Waals surface area contributed by atoms with Gasteiger partial charge in [0.05, 0.1) is 30.3 Å². The lowest BCUT2D eigenvalue weighted by molar-refractivity contribution is 0.0475. The number of esters is 1. The number of nitrogens with one attached hydrogen (secondary N) is 1. The Kier molecular flexibility index (Phi) is 6.89. The third-order valence-corrected chi connectivity index (χ3v) is 6.01. The number of hydrogen-bond donors (Lipinski definition) is 1. The number of rotatable bonds is 8. The fraction of sp³-hybridized carbons (Fsp3) is 0.115. The number of carbonyl (C=O) groups excluding carboxylic acids is 3. The van der Waals surface area contributed by atoms with Crippen molar-refractivity contribution in [1.29, 1.82) is 0 Å². The van der Waals surface area contributed by atoms with Crippen LogP contribution in [0.4, 0.5) is 5.69 Å². The first-order valence-corrected chi connectivity index (χ1v) is 11.2. The monoisotopic (exact) mass is 475 g/mol. The topological polar surface area (TPSA) is 90.9 Å². The van der Waals surface area contributed by atoms with Crippen molar-refractivity contribution in [1.82, 2.24) is 0 Å². The van der Waals surface area contributed by atoms with Crippen LogP contribution in [0.3, 0.4) is 0 Å². The molecule has 0 saturated heterocycles. The summed E-state index contributed by atoms with van der Waals surface area (Å²) < 4.78 is 15.9. The predicted molar refractivity (Wildman–Crippen MR) is 130 cm³/mol. The van der Waals surface area contributed by atoms with Gasteiger partial charge in [-0.15, -0.1) is 11.3 Å². The lowest BCUT2D eigenvalue weighted by Crippen LogP contribution is -2.18. The van der Waals surface area contributed by atoms with Gasteiger partial charge in [-0.05, 0) is 28.3 Å². The Bertz CT molecular complexity index is 1360. The van der Waals surface area contributed by atoms with E-state index in [0.29, 0.717) is 16.2 Å². The number of carbonyl (C=O) groups is 3. The van der Waals surface area contributed by atoms with Crippen molar-refractivity contribution in [3.8, 4) is 11.5 Å². The number of thiophene rings is 1. The van der Waals surface area contributed by atoms with E-state index in [1.807, 2.05) is 30.3 Å². The number of methoxy groups -OCH3 is 2. The van der Waals surface area contributed by atoms with Crippen LogP contribution in [0, 0.1) is 0 Å². The molecule has 172 valence electrons. The first kappa shape index (κ1) is 23.0. The molecule has 0 saturated carbocycles. The van der Waals surface area contributed by atoms with E-state index >= 15 is 0 Å². The smallest absolute Gasteiger partial charge is 0.340 e. The molecule has 0 fully saturated rings. The van der Waals surface area contributed by atoms with Gasteiger partial charge in [0.1, 0.15) is 0 Å². The molecule has 0 atom stereocenters. The highest BCUT2D eigenvalue weighted by Crippen LogP contribution is 2.34. The van der Waals surface area contributed by atoms with E-state index in [4.69, 9.17) is 14.2 Å². The van der Waals surface area contributed by atoms with Gasteiger partial charge in [0.25, 0.3) is 5.91 Å². The zero-order valence-corrected chi connectivity index (χ0v) is 19.3. The Labute approximate surface area is 199 Å². The van der Waals surface area contributed by atoms with Crippen LogP contribution in [0.15, 0.2) is 72.1 Å². The molecule has 7 nitrogen and oxygen atoms in total. The normalized spacial score (nSPS) is 10.5. The average Bonchev–Trinajstić information content (AvgIpc) is 3.41. The van der Waals surface area contributed by atoms with Crippen LogP contribution >= 0.6 is 11.3 Å². The SMILES string of the molecule is COc1cc(NC(=O)c2cccs2)c(C(=O)OCC(=O)c2ccc3ccccc3c2)cc1OC. The highest BCUT2D eigenvalue weighted by Gasteiger charge is 2.21. The van der Waals surface area contributed by atoms with Crippen molar-refractivity contribution >= 4 is 45.5 Å². The Morgan fingerprint density at radius 3 is 2.29 bits per heavy atom. The van der Waals surface area contributed by atoms with Crippen molar-refractivity contribution < 1.29 is 28.6 Å². The van der Waals surface area contributed by atoms with Gasteiger partial charge in [0.15, 0.2) is 23.9 Å². The summed E-state index contributed by atoms with van der Waals surface area (Å²) in [5.41, 5.74) is 0.651. The molecule has 0 bridgehead atoms. The second-order valence-corrected chi connectivity index (χ2v) is 8.19. The zero-order valence-electron chi connectivity index (χ0n) is 18.5. The molecule has 3 aromatic carbocycles. The van der Waals surface area contributed by atoms with Gasteiger partial charge in [0.2, 0.25) is 0 Å². The van der Waals surface area contributed by atoms with Crippen molar-refractivity contribution in [3.05, 3.63) is 88.1 Å². The minimum Gasteiger partial charge on any atom is -0.493 e. The fourth-order valence-electron chi connectivity index (χ4n) is 3.40. The second-order valence-electron chi connectivity index (χ2n) is 7.25. The Morgan fingerprint density at radius 2 is 1.59 bits per heavy atom. The molecule has 1 heterocycles. The Balaban J connectivity index is 1.55. The summed E-state index contributed by atoms with van der Waals surface area (Å²) in [6, 6.07) is 19.3. The number of fused-ring (bicyclic) bond motifs is 1. The second kappa shape index (κ2) is 10.2. The molecule has 0 spiro atoms. The van der Waals surface area contributed by atoms with Gasteiger partial charge >= 0.3 is 5.97 Å². The first-order valence-electron chi connectivity index (χ1n) is 10.3. The third kappa shape index (κ3) is 4.92. The molecule has 34 heavy (non-hydrogen) atoms. The van der Waals surface area contributed by atoms with E-state index < -0.39 is 12.6 Å². The van der Waals surface area contributed by atoms with Crippen molar-refractivity contribution in [2.24, 2.45) is 0 Å². The predicted octanol–water partition coefficient (Wildman–Crippen LogP) is 5.21. The number of amides is 1. The molecule has 1 aromatic heterocycles. The maximum atomic E-state index is 12.9. The maximum absolute atomic E-state index is 12.9. The van der Waals surface area contributed by atoms with Crippen LogP contribution in [-0.2, 0) is 4.74 Å². The molecule has 0 aliphatic carbocycles. The molecule has 0 aliphatic heterocycles. The molecule has 1 N–H and O–H groups in total. The quantitative estimate of drug-likeness (QED) is 0.278. The summed E-state index contributed by atoms with van der Waals surface area (Å²) in [5, 5.41) is 6.41. The van der Waals surface area contributed by atoms with E-state index in [9.17, 15) is 14.4 Å². The highest BCUT2D eigenvalue weighted by atomic mass is 32.1.